The third-order valence-electron chi connectivity index (χ3n) is 2.72. The molecule has 0 aromatic rings. The van der Waals surface area contributed by atoms with E-state index in [4.69, 9.17) is 10.2 Å². The number of amides is 1. The summed E-state index contributed by atoms with van der Waals surface area (Å²) < 4.78 is 0. The van der Waals surface area contributed by atoms with Gasteiger partial charge in [0.15, 0.2) is 0 Å². The molecule has 0 unspecified atom stereocenters. The lowest BCUT2D eigenvalue weighted by atomic mass is 10.2. The molecule has 0 aliphatic heterocycles. The number of nitrogens with one attached hydrogen (secondary N) is 2. The van der Waals surface area contributed by atoms with E-state index in [1.807, 2.05) is 0 Å². The molecule has 1 aliphatic carbocycles. The van der Waals surface area contributed by atoms with E-state index < -0.39 is 24.5 Å². The van der Waals surface area contributed by atoms with Gasteiger partial charge in [-0.15, -0.1) is 0 Å². The van der Waals surface area contributed by atoms with Gasteiger partial charge in [-0.3, -0.25) is 4.79 Å². The molecule has 0 saturated heterocycles. The second-order valence-corrected chi connectivity index (χ2v) is 4.00. The molecule has 0 spiro atoms. The molecule has 1 atom stereocenters. The zero-order valence-electron chi connectivity index (χ0n) is 9.11. The molecule has 6 heteroatoms. The summed E-state index contributed by atoms with van der Waals surface area (Å²) in [7, 11) is 0. The number of carboxylic acid groups (broad SMARTS) is 1. The largest absolute Gasteiger partial charge is 0.480 e. The molecule has 6 nitrogen and oxygen atoms in total. The molecule has 1 rings (SSSR count). The SMILES string of the molecule is O=C(CNC1CCCC1)N[C@H](CO)C(=O)O. The van der Waals surface area contributed by atoms with Gasteiger partial charge in [-0.1, -0.05) is 12.8 Å². The summed E-state index contributed by atoms with van der Waals surface area (Å²) in [4.78, 5) is 21.9. The molecule has 0 aromatic carbocycles. The molecule has 92 valence electrons. The third-order valence-corrected chi connectivity index (χ3v) is 2.72. The van der Waals surface area contributed by atoms with Crippen LogP contribution >= 0.6 is 0 Å². The highest BCUT2D eigenvalue weighted by molar-refractivity contribution is 5.84. The van der Waals surface area contributed by atoms with Crippen LogP contribution in [0.1, 0.15) is 25.7 Å². The number of rotatable bonds is 6. The monoisotopic (exact) mass is 230 g/mol. The average molecular weight is 230 g/mol. The Bertz CT molecular complexity index is 251. The van der Waals surface area contributed by atoms with Gasteiger partial charge in [-0.25, -0.2) is 4.79 Å². The average Bonchev–Trinajstić information content (AvgIpc) is 2.75. The normalized spacial score (nSPS) is 18.3. The van der Waals surface area contributed by atoms with Crippen LogP contribution in [0, 0.1) is 0 Å². The van der Waals surface area contributed by atoms with Crippen LogP contribution in [0.5, 0.6) is 0 Å². The fraction of sp³-hybridized carbons (Fsp3) is 0.800. The number of aliphatic hydroxyl groups is 1. The Hall–Kier alpha value is -1.14. The van der Waals surface area contributed by atoms with Gasteiger partial charge in [0.05, 0.1) is 13.2 Å². The molecule has 1 fully saturated rings. The van der Waals surface area contributed by atoms with Gasteiger partial charge < -0.3 is 20.8 Å². The number of carboxylic acids is 1. The predicted molar refractivity (Wildman–Crippen MR) is 56.9 cm³/mol. The molecule has 1 amide bonds. The number of carbonyl (C=O) groups excluding carboxylic acids is 1. The Kier molecular flexibility index (Phi) is 5.21. The minimum Gasteiger partial charge on any atom is -0.480 e. The minimum absolute atomic E-state index is 0.106. The number of aliphatic carboxylic acids is 1. The van der Waals surface area contributed by atoms with E-state index in [0.29, 0.717) is 6.04 Å². The van der Waals surface area contributed by atoms with Crippen LogP contribution in [0.25, 0.3) is 0 Å². The number of carbonyl (C=O) groups is 2. The highest BCUT2D eigenvalue weighted by Crippen LogP contribution is 2.17. The summed E-state index contributed by atoms with van der Waals surface area (Å²) in [6.45, 7) is -0.487. The van der Waals surface area contributed by atoms with E-state index >= 15 is 0 Å². The topological polar surface area (TPSA) is 98.7 Å². The van der Waals surface area contributed by atoms with Gasteiger partial charge in [0.25, 0.3) is 0 Å². The zero-order valence-corrected chi connectivity index (χ0v) is 9.11. The van der Waals surface area contributed by atoms with E-state index in [9.17, 15) is 9.59 Å². The first-order chi connectivity index (χ1) is 7.63. The van der Waals surface area contributed by atoms with E-state index in [2.05, 4.69) is 10.6 Å². The van der Waals surface area contributed by atoms with E-state index in [1.54, 1.807) is 0 Å². The highest BCUT2D eigenvalue weighted by Gasteiger charge is 2.20. The van der Waals surface area contributed by atoms with Crippen LogP contribution in [-0.4, -0.2) is 47.3 Å². The maximum absolute atomic E-state index is 11.3. The summed E-state index contributed by atoms with van der Waals surface area (Å²) in [6, 6.07) is -0.846. The standard InChI is InChI=1S/C10H18N2O4/c13-6-8(10(15)16)12-9(14)5-11-7-3-1-2-4-7/h7-8,11,13H,1-6H2,(H,12,14)(H,15,16)/t8-/m1/s1. The molecule has 0 radical (unpaired) electrons. The molecular weight excluding hydrogens is 212 g/mol. The first-order valence-electron chi connectivity index (χ1n) is 5.50. The quantitative estimate of drug-likeness (QED) is 0.473. The van der Waals surface area contributed by atoms with Crippen LogP contribution in [0.15, 0.2) is 0 Å². The van der Waals surface area contributed by atoms with Crippen molar-refractivity contribution in [2.24, 2.45) is 0 Å². The highest BCUT2D eigenvalue weighted by atomic mass is 16.4. The van der Waals surface area contributed by atoms with E-state index in [1.165, 1.54) is 12.8 Å². The maximum atomic E-state index is 11.3. The first kappa shape index (κ1) is 12.9. The molecule has 16 heavy (non-hydrogen) atoms. The zero-order chi connectivity index (χ0) is 12.0. The molecule has 0 aromatic heterocycles. The summed E-state index contributed by atoms with van der Waals surface area (Å²) in [5.41, 5.74) is 0. The Labute approximate surface area is 94.0 Å². The molecule has 0 bridgehead atoms. The second-order valence-electron chi connectivity index (χ2n) is 4.00. The van der Waals surface area contributed by atoms with Crippen LogP contribution in [0.3, 0.4) is 0 Å². The van der Waals surface area contributed by atoms with Crippen molar-refractivity contribution in [2.75, 3.05) is 13.2 Å². The minimum atomic E-state index is -1.23. The first-order valence-corrected chi connectivity index (χ1v) is 5.50. The van der Waals surface area contributed by atoms with Crippen molar-refractivity contribution in [1.29, 1.82) is 0 Å². The van der Waals surface area contributed by atoms with Crippen molar-refractivity contribution in [3.63, 3.8) is 0 Å². The smallest absolute Gasteiger partial charge is 0.328 e. The van der Waals surface area contributed by atoms with E-state index in [-0.39, 0.29) is 6.54 Å². The van der Waals surface area contributed by atoms with Gasteiger partial charge >= 0.3 is 5.97 Å². The number of hydrogen-bond acceptors (Lipinski definition) is 4. The molecule has 0 heterocycles. The third kappa shape index (κ3) is 4.16. The molecule has 1 aliphatic rings. The lowest BCUT2D eigenvalue weighted by molar-refractivity contribution is -0.142. The van der Waals surface area contributed by atoms with Gasteiger partial charge in [-0.05, 0) is 12.8 Å². The van der Waals surface area contributed by atoms with E-state index in [0.717, 1.165) is 12.8 Å². The summed E-state index contributed by atoms with van der Waals surface area (Å²) in [5.74, 6) is -1.62. The van der Waals surface area contributed by atoms with Crippen molar-refractivity contribution in [2.45, 2.75) is 37.8 Å². The summed E-state index contributed by atoms with van der Waals surface area (Å²) >= 11 is 0. The fourth-order valence-electron chi connectivity index (χ4n) is 1.80. The van der Waals surface area contributed by atoms with Crippen molar-refractivity contribution in [3.8, 4) is 0 Å². The van der Waals surface area contributed by atoms with Gasteiger partial charge in [0.2, 0.25) is 5.91 Å². The van der Waals surface area contributed by atoms with Crippen molar-refractivity contribution >= 4 is 11.9 Å². The molecule has 1 saturated carbocycles. The fourth-order valence-corrected chi connectivity index (χ4v) is 1.80. The van der Waals surface area contributed by atoms with Crippen molar-refractivity contribution in [3.05, 3.63) is 0 Å². The van der Waals surface area contributed by atoms with Crippen molar-refractivity contribution < 1.29 is 19.8 Å². The van der Waals surface area contributed by atoms with Crippen LogP contribution in [0.2, 0.25) is 0 Å². The Balaban J connectivity index is 2.21. The predicted octanol–water partition coefficient (Wildman–Crippen LogP) is -0.920. The van der Waals surface area contributed by atoms with Crippen LogP contribution < -0.4 is 10.6 Å². The molecule has 4 N–H and O–H groups in total. The Morgan fingerprint density at radius 2 is 1.94 bits per heavy atom. The second kappa shape index (κ2) is 6.44. The molecular formula is C10H18N2O4. The van der Waals surface area contributed by atoms with Gasteiger partial charge in [0, 0.05) is 6.04 Å². The van der Waals surface area contributed by atoms with Gasteiger partial charge in [-0.2, -0.15) is 0 Å². The maximum Gasteiger partial charge on any atom is 0.328 e. The van der Waals surface area contributed by atoms with Crippen LogP contribution in [-0.2, 0) is 9.59 Å². The van der Waals surface area contributed by atoms with Crippen LogP contribution in [0.4, 0.5) is 0 Å². The summed E-state index contributed by atoms with van der Waals surface area (Å²) in [6.07, 6.45) is 4.48. The van der Waals surface area contributed by atoms with Gasteiger partial charge in [0.1, 0.15) is 6.04 Å². The Morgan fingerprint density at radius 1 is 1.31 bits per heavy atom. The number of aliphatic hydroxyl groups excluding tert-OH is 1. The lowest BCUT2D eigenvalue weighted by Gasteiger charge is -2.14. The lowest BCUT2D eigenvalue weighted by Crippen LogP contribution is -2.47. The Morgan fingerprint density at radius 3 is 2.44 bits per heavy atom. The number of hydrogen-bond donors (Lipinski definition) is 4. The van der Waals surface area contributed by atoms with Crippen molar-refractivity contribution in [1.82, 2.24) is 10.6 Å². The summed E-state index contributed by atoms with van der Waals surface area (Å²) in [5, 5.41) is 22.6.